The first-order valence-electron chi connectivity index (χ1n) is 11.0. The SMILES string of the molecule is CCN(c1ccc(/C=C/c2oc3ccc(Cl)cc3[n+]2CCCS(=O)(=O)[O-])cc1)C(C)[Si](C)C. The van der Waals surface area contributed by atoms with Crippen molar-refractivity contribution < 1.29 is 22.0 Å². The van der Waals surface area contributed by atoms with Gasteiger partial charge in [-0.05, 0) is 49.8 Å². The lowest BCUT2D eigenvalue weighted by Crippen LogP contribution is -2.41. The average Bonchev–Trinajstić information content (AvgIpc) is 3.09. The van der Waals surface area contributed by atoms with E-state index in [1.54, 1.807) is 18.2 Å². The van der Waals surface area contributed by atoms with Crippen LogP contribution in [0.3, 0.4) is 0 Å². The summed E-state index contributed by atoms with van der Waals surface area (Å²) in [6.07, 6.45) is 4.00. The molecule has 0 aliphatic rings. The Kier molecular flexibility index (Phi) is 8.39. The van der Waals surface area contributed by atoms with Gasteiger partial charge in [0, 0.05) is 41.2 Å². The predicted molar refractivity (Wildman–Crippen MR) is 136 cm³/mol. The molecule has 3 rings (SSSR count). The van der Waals surface area contributed by atoms with E-state index < -0.39 is 24.7 Å². The van der Waals surface area contributed by atoms with Crippen molar-refractivity contribution >= 4 is 59.5 Å². The third kappa shape index (κ3) is 6.69. The van der Waals surface area contributed by atoms with Crippen LogP contribution in [0.4, 0.5) is 5.69 Å². The highest BCUT2D eigenvalue weighted by Crippen LogP contribution is 2.22. The number of aromatic nitrogens is 1. The molecule has 3 aromatic rings. The lowest BCUT2D eigenvalue weighted by molar-refractivity contribution is -0.677. The Morgan fingerprint density at radius 3 is 2.48 bits per heavy atom. The van der Waals surface area contributed by atoms with Crippen molar-refractivity contribution in [3.8, 4) is 0 Å². The number of rotatable bonds is 10. The minimum atomic E-state index is -4.27. The molecular formula is C24H30ClN2O4SSi. The quantitative estimate of drug-likeness (QED) is 0.220. The molecular weight excluding hydrogens is 476 g/mol. The van der Waals surface area contributed by atoms with Crippen molar-refractivity contribution in [1.29, 1.82) is 0 Å². The van der Waals surface area contributed by atoms with Crippen LogP contribution in [0.1, 0.15) is 31.7 Å². The molecule has 177 valence electrons. The summed E-state index contributed by atoms with van der Waals surface area (Å²) in [5, 5.41) is 0.554. The van der Waals surface area contributed by atoms with Crippen LogP contribution in [-0.2, 0) is 16.7 Å². The number of hydrogen-bond acceptors (Lipinski definition) is 5. The van der Waals surface area contributed by atoms with Gasteiger partial charge in [-0.1, -0.05) is 36.8 Å². The zero-order valence-electron chi connectivity index (χ0n) is 19.4. The Hall–Kier alpha value is -2.13. The lowest BCUT2D eigenvalue weighted by Gasteiger charge is -2.32. The first kappa shape index (κ1) is 25.5. The van der Waals surface area contributed by atoms with Gasteiger partial charge in [-0.15, -0.1) is 0 Å². The molecule has 0 amide bonds. The predicted octanol–water partition coefficient (Wildman–Crippen LogP) is 4.99. The van der Waals surface area contributed by atoms with E-state index in [0.717, 1.165) is 17.6 Å². The molecule has 0 spiro atoms. The number of aryl methyl sites for hydroxylation is 1. The Bertz CT molecular complexity index is 1220. The summed E-state index contributed by atoms with van der Waals surface area (Å²) in [5.41, 5.74) is 4.17. The van der Waals surface area contributed by atoms with E-state index >= 15 is 0 Å². The molecule has 0 N–H and O–H groups in total. The van der Waals surface area contributed by atoms with E-state index in [0.29, 0.717) is 28.7 Å². The van der Waals surface area contributed by atoms with Gasteiger partial charge < -0.3 is 13.9 Å². The molecule has 6 nitrogen and oxygen atoms in total. The van der Waals surface area contributed by atoms with Crippen molar-refractivity contribution in [2.24, 2.45) is 0 Å². The van der Waals surface area contributed by atoms with Crippen LogP contribution in [0.2, 0.25) is 18.1 Å². The number of fused-ring (bicyclic) bond motifs is 1. The normalized spacial score (nSPS) is 13.3. The van der Waals surface area contributed by atoms with Crippen LogP contribution >= 0.6 is 11.6 Å². The monoisotopic (exact) mass is 505 g/mol. The van der Waals surface area contributed by atoms with Crippen LogP contribution in [0.5, 0.6) is 0 Å². The maximum atomic E-state index is 11.0. The summed E-state index contributed by atoms with van der Waals surface area (Å²) >= 11 is 6.15. The first-order chi connectivity index (χ1) is 15.6. The summed E-state index contributed by atoms with van der Waals surface area (Å²) in [6.45, 7) is 10.4. The Morgan fingerprint density at radius 2 is 1.88 bits per heavy atom. The van der Waals surface area contributed by atoms with Gasteiger partial charge in [0.1, 0.15) is 0 Å². The molecule has 0 aliphatic carbocycles. The third-order valence-corrected chi connectivity index (χ3v) is 8.76. The molecule has 1 aromatic heterocycles. The summed E-state index contributed by atoms with van der Waals surface area (Å²) < 4.78 is 40.9. The highest BCUT2D eigenvalue weighted by atomic mass is 35.5. The van der Waals surface area contributed by atoms with Gasteiger partial charge in [0.2, 0.25) is 5.58 Å². The number of halogens is 1. The summed E-state index contributed by atoms with van der Waals surface area (Å²) in [6, 6.07) is 13.7. The number of nitrogens with zero attached hydrogens (tertiary/aromatic N) is 2. The molecule has 0 aliphatic heterocycles. The average molecular weight is 506 g/mol. The molecule has 0 saturated heterocycles. The van der Waals surface area contributed by atoms with E-state index in [9.17, 15) is 13.0 Å². The lowest BCUT2D eigenvalue weighted by atomic mass is 10.2. The van der Waals surface area contributed by atoms with Gasteiger partial charge >= 0.3 is 5.89 Å². The van der Waals surface area contributed by atoms with Crippen molar-refractivity contribution in [3.05, 3.63) is 58.9 Å². The van der Waals surface area contributed by atoms with E-state index in [4.69, 9.17) is 16.0 Å². The van der Waals surface area contributed by atoms with Gasteiger partial charge in [0.15, 0.2) is 6.54 Å². The molecule has 1 unspecified atom stereocenters. The summed E-state index contributed by atoms with van der Waals surface area (Å²) in [5.74, 6) is 0.135. The molecule has 1 heterocycles. The largest absolute Gasteiger partial charge is 0.748 e. The number of oxazole rings is 1. The third-order valence-electron chi connectivity index (χ3n) is 5.76. The van der Waals surface area contributed by atoms with Crippen LogP contribution in [0, 0.1) is 0 Å². The molecule has 0 saturated carbocycles. The molecule has 1 atom stereocenters. The van der Waals surface area contributed by atoms with E-state index in [1.807, 2.05) is 16.7 Å². The van der Waals surface area contributed by atoms with Crippen molar-refractivity contribution in [3.63, 3.8) is 0 Å². The topological polar surface area (TPSA) is 77.5 Å². The maximum absolute atomic E-state index is 11.0. The van der Waals surface area contributed by atoms with Crippen LogP contribution < -0.4 is 9.47 Å². The van der Waals surface area contributed by atoms with Gasteiger partial charge in [-0.25, -0.2) is 8.42 Å². The van der Waals surface area contributed by atoms with Gasteiger partial charge in [0.25, 0.3) is 5.52 Å². The van der Waals surface area contributed by atoms with Gasteiger partial charge in [0.05, 0.1) is 25.0 Å². The fraction of sp³-hybridized carbons (Fsp3) is 0.375. The summed E-state index contributed by atoms with van der Waals surface area (Å²) in [7, 11) is -4.71. The van der Waals surface area contributed by atoms with Gasteiger partial charge in [-0.2, -0.15) is 4.57 Å². The second-order valence-electron chi connectivity index (χ2n) is 8.28. The van der Waals surface area contributed by atoms with Crippen LogP contribution in [0.15, 0.2) is 46.9 Å². The standard InChI is InChI=1S/C24H30ClN2O4SSi/c1-5-26(18(2)33(3)4)21-11-7-19(8-12-21)9-14-24-27(15-6-16-32(28,29)30)22-17-20(25)10-13-23(22)31-24/h7-14,17-18H,5-6,15-16H2,1-4H3. The second-order valence-corrected chi connectivity index (χ2v) is 13.2. The van der Waals surface area contributed by atoms with Crippen LogP contribution in [0.25, 0.3) is 23.3 Å². The number of hydrogen-bond donors (Lipinski definition) is 0. The fourth-order valence-corrected chi connectivity index (χ4v) is 5.37. The maximum Gasteiger partial charge on any atom is 0.374 e. The molecule has 33 heavy (non-hydrogen) atoms. The van der Waals surface area contributed by atoms with E-state index in [2.05, 4.69) is 56.1 Å². The fourth-order valence-electron chi connectivity index (χ4n) is 3.76. The number of benzene rings is 2. The summed E-state index contributed by atoms with van der Waals surface area (Å²) in [4.78, 5) is 2.43. The Labute approximate surface area is 202 Å². The molecule has 9 heteroatoms. The zero-order chi connectivity index (χ0) is 24.2. The zero-order valence-corrected chi connectivity index (χ0v) is 22.0. The Morgan fingerprint density at radius 1 is 1.18 bits per heavy atom. The highest BCUT2D eigenvalue weighted by molar-refractivity contribution is 7.85. The molecule has 2 aromatic carbocycles. The minimum Gasteiger partial charge on any atom is -0.748 e. The smallest absolute Gasteiger partial charge is 0.374 e. The van der Waals surface area contributed by atoms with Crippen molar-refractivity contribution in [2.75, 3.05) is 17.2 Å². The minimum absolute atomic E-state index is 0.191. The van der Waals surface area contributed by atoms with Gasteiger partial charge in [-0.3, -0.25) is 0 Å². The highest BCUT2D eigenvalue weighted by Gasteiger charge is 2.21. The Balaban J connectivity index is 1.86. The number of anilines is 1. The van der Waals surface area contributed by atoms with Crippen molar-refractivity contribution in [2.45, 2.75) is 45.6 Å². The van der Waals surface area contributed by atoms with Crippen LogP contribution in [-0.4, -0.2) is 39.7 Å². The van der Waals surface area contributed by atoms with E-state index in [-0.39, 0.29) is 6.42 Å². The molecule has 0 bridgehead atoms. The molecule has 1 radical (unpaired) electrons. The second kappa shape index (κ2) is 10.9. The molecule has 0 fully saturated rings. The van der Waals surface area contributed by atoms with Crippen molar-refractivity contribution in [1.82, 2.24) is 0 Å². The first-order valence-corrected chi connectivity index (χ1v) is 15.5. The van der Waals surface area contributed by atoms with E-state index in [1.165, 1.54) is 5.69 Å².